The molecule has 35 heavy (non-hydrogen) atoms. The van der Waals surface area contributed by atoms with Crippen LogP contribution in [0, 0.1) is 5.92 Å². The standard InChI is InChI=1S/C30H47NO3Si/c1-9-33-28(32)21-20-27(34-35(7,8)30(4,5)6)29(24(2)3)31(22-25-16-12-10-13-17-25)23-26-18-14-11-15-19-26/h10-19,24,27,29H,9,20-23H2,1-8H3/t27-,29-/m0/s1. The highest BCUT2D eigenvalue weighted by molar-refractivity contribution is 6.74. The average Bonchev–Trinajstić information content (AvgIpc) is 2.78. The molecule has 0 unspecified atom stereocenters. The highest BCUT2D eigenvalue weighted by atomic mass is 28.4. The number of carbonyl (C=O) groups is 1. The van der Waals surface area contributed by atoms with E-state index in [2.05, 4.69) is 113 Å². The van der Waals surface area contributed by atoms with Crippen molar-refractivity contribution in [2.75, 3.05) is 6.61 Å². The van der Waals surface area contributed by atoms with Crippen molar-refractivity contribution in [1.29, 1.82) is 0 Å². The predicted octanol–water partition coefficient (Wildman–Crippen LogP) is 7.45. The number of carbonyl (C=O) groups excluding carboxylic acids is 1. The molecular weight excluding hydrogens is 450 g/mol. The summed E-state index contributed by atoms with van der Waals surface area (Å²) in [6.45, 7) is 19.9. The molecule has 0 saturated carbocycles. The molecule has 0 radical (unpaired) electrons. The second-order valence-electron chi connectivity index (χ2n) is 11.4. The molecule has 2 aromatic carbocycles. The number of hydrogen-bond donors (Lipinski definition) is 0. The van der Waals surface area contributed by atoms with Crippen LogP contribution in [0.5, 0.6) is 0 Å². The molecule has 0 heterocycles. The molecule has 0 aliphatic rings. The summed E-state index contributed by atoms with van der Waals surface area (Å²) in [6, 6.07) is 21.5. The van der Waals surface area contributed by atoms with E-state index in [4.69, 9.17) is 9.16 Å². The Morgan fingerprint density at radius 1 is 0.914 bits per heavy atom. The Labute approximate surface area is 215 Å². The summed E-state index contributed by atoms with van der Waals surface area (Å²) >= 11 is 0. The van der Waals surface area contributed by atoms with Crippen LogP contribution in [0.15, 0.2) is 60.7 Å². The number of hydrogen-bond acceptors (Lipinski definition) is 4. The number of ether oxygens (including phenoxy) is 1. The molecule has 0 amide bonds. The van der Waals surface area contributed by atoms with Gasteiger partial charge in [0.25, 0.3) is 0 Å². The van der Waals surface area contributed by atoms with E-state index in [1.807, 2.05) is 6.92 Å². The van der Waals surface area contributed by atoms with E-state index in [-0.39, 0.29) is 23.2 Å². The maximum Gasteiger partial charge on any atom is 0.305 e. The molecule has 2 rings (SSSR count). The van der Waals surface area contributed by atoms with Crippen molar-refractivity contribution in [3.63, 3.8) is 0 Å². The molecule has 0 aliphatic heterocycles. The van der Waals surface area contributed by atoms with E-state index < -0.39 is 8.32 Å². The molecule has 194 valence electrons. The third kappa shape index (κ3) is 9.21. The van der Waals surface area contributed by atoms with Crippen molar-refractivity contribution in [3.05, 3.63) is 71.8 Å². The molecule has 0 bridgehead atoms. The highest BCUT2D eigenvalue weighted by Crippen LogP contribution is 2.39. The monoisotopic (exact) mass is 497 g/mol. The largest absolute Gasteiger partial charge is 0.466 e. The van der Waals surface area contributed by atoms with Gasteiger partial charge in [-0.2, -0.15) is 0 Å². The van der Waals surface area contributed by atoms with Crippen LogP contribution in [0.2, 0.25) is 18.1 Å². The summed E-state index contributed by atoms with van der Waals surface area (Å²) < 4.78 is 12.4. The van der Waals surface area contributed by atoms with Crippen LogP contribution in [0.3, 0.4) is 0 Å². The lowest BCUT2D eigenvalue weighted by molar-refractivity contribution is -0.144. The fourth-order valence-electron chi connectivity index (χ4n) is 4.34. The summed E-state index contributed by atoms with van der Waals surface area (Å²) in [4.78, 5) is 14.9. The maximum atomic E-state index is 12.4. The number of benzene rings is 2. The zero-order valence-corrected chi connectivity index (χ0v) is 24.2. The molecule has 5 heteroatoms. The smallest absolute Gasteiger partial charge is 0.305 e. The van der Waals surface area contributed by atoms with Crippen molar-refractivity contribution in [3.8, 4) is 0 Å². The van der Waals surface area contributed by atoms with E-state index in [0.717, 1.165) is 13.1 Å². The highest BCUT2D eigenvalue weighted by Gasteiger charge is 2.42. The Morgan fingerprint density at radius 2 is 1.40 bits per heavy atom. The van der Waals surface area contributed by atoms with Crippen molar-refractivity contribution >= 4 is 14.3 Å². The summed E-state index contributed by atoms with van der Waals surface area (Å²) in [5.74, 6) is 0.205. The third-order valence-electron chi connectivity index (χ3n) is 7.13. The van der Waals surface area contributed by atoms with Gasteiger partial charge in [-0.3, -0.25) is 9.69 Å². The van der Waals surface area contributed by atoms with Crippen molar-refractivity contribution in [1.82, 2.24) is 4.90 Å². The first-order valence-corrected chi connectivity index (χ1v) is 16.0. The van der Waals surface area contributed by atoms with Gasteiger partial charge in [0.15, 0.2) is 8.32 Å². The Morgan fingerprint density at radius 3 is 1.80 bits per heavy atom. The fraction of sp³-hybridized carbons (Fsp3) is 0.567. The first-order chi connectivity index (χ1) is 16.4. The molecule has 0 fully saturated rings. The number of esters is 1. The fourth-order valence-corrected chi connectivity index (χ4v) is 5.70. The first-order valence-electron chi connectivity index (χ1n) is 13.1. The Bertz CT molecular complexity index is 836. The molecule has 0 aliphatic carbocycles. The SMILES string of the molecule is CCOC(=O)CC[C@H](O[Si](C)(C)C(C)(C)C)[C@H](C(C)C)N(Cc1ccccc1)Cc1ccccc1. The second-order valence-corrected chi connectivity index (χ2v) is 16.1. The lowest BCUT2D eigenvalue weighted by Crippen LogP contribution is -2.53. The average molecular weight is 498 g/mol. The topological polar surface area (TPSA) is 38.8 Å². The van der Waals surface area contributed by atoms with Gasteiger partial charge >= 0.3 is 5.97 Å². The molecule has 2 aromatic rings. The van der Waals surface area contributed by atoms with E-state index in [0.29, 0.717) is 25.4 Å². The van der Waals surface area contributed by atoms with E-state index in [9.17, 15) is 4.79 Å². The Kier molecular flexibility index (Phi) is 11.2. The van der Waals surface area contributed by atoms with Crippen LogP contribution in [0.25, 0.3) is 0 Å². The van der Waals surface area contributed by atoms with Gasteiger partial charge in [0.1, 0.15) is 0 Å². The van der Waals surface area contributed by atoms with Gasteiger partial charge in [0.05, 0.1) is 12.7 Å². The van der Waals surface area contributed by atoms with Crippen LogP contribution in [-0.4, -0.2) is 37.9 Å². The van der Waals surface area contributed by atoms with Gasteiger partial charge in [0.2, 0.25) is 0 Å². The summed E-state index contributed by atoms with van der Waals surface area (Å²) in [7, 11) is -2.08. The minimum absolute atomic E-state index is 0.0623. The Balaban J connectivity index is 2.45. The van der Waals surface area contributed by atoms with Crippen molar-refractivity contribution in [2.24, 2.45) is 5.92 Å². The zero-order chi connectivity index (χ0) is 26.1. The molecule has 0 saturated heterocycles. The van der Waals surface area contributed by atoms with E-state index >= 15 is 0 Å². The Hall–Kier alpha value is -1.95. The lowest BCUT2D eigenvalue weighted by atomic mass is 9.92. The van der Waals surface area contributed by atoms with E-state index in [1.165, 1.54) is 11.1 Å². The molecule has 0 spiro atoms. The quantitative estimate of drug-likeness (QED) is 0.213. The van der Waals surface area contributed by atoms with Crippen LogP contribution in [0.1, 0.15) is 65.5 Å². The summed E-state index contributed by atoms with van der Waals surface area (Å²) in [6.07, 6.45) is 0.975. The van der Waals surface area contributed by atoms with E-state index in [1.54, 1.807) is 0 Å². The van der Waals surface area contributed by atoms with Crippen molar-refractivity contribution in [2.45, 2.75) is 97.8 Å². The normalized spacial score (nSPS) is 14.2. The second kappa shape index (κ2) is 13.4. The third-order valence-corrected chi connectivity index (χ3v) is 11.6. The predicted molar refractivity (Wildman–Crippen MR) is 149 cm³/mol. The number of rotatable bonds is 13. The van der Waals surface area contributed by atoms with Gasteiger partial charge in [-0.15, -0.1) is 0 Å². The first kappa shape index (κ1) is 29.3. The number of nitrogens with zero attached hydrogens (tertiary/aromatic N) is 1. The molecule has 0 N–H and O–H groups in total. The van der Waals surface area contributed by atoms with Gasteiger partial charge in [-0.05, 0) is 48.5 Å². The summed E-state index contributed by atoms with van der Waals surface area (Å²) in [5, 5.41) is 0.0837. The molecule has 0 aromatic heterocycles. The van der Waals surface area contributed by atoms with Crippen molar-refractivity contribution < 1.29 is 14.0 Å². The van der Waals surface area contributed by atoms with Gasteiger partial charge in [0, 0.05) is 25.6 Å². The molecule has 4 nitrogen and oxygen atoms in total. The minimum Gasteiger partial charge on any atom is -0.466 e. The van der Waals surface area contributed by atoms with Crippen LogP contribution in [0.4, 0.5) is 0 Å². The van der Waals surface area contributed by atoms with Crippen LogP contribution >= 0.6 is 0 Å². The van der Waals surface area contributed by atoms with Gasteiger partial charge in [-0.25, -0.2) is 0 Å². The van der Waals surface area contributed by atoms with Crippen LogP contribution in [-0.2, 0) is 27.0 Å². The zero-order valence-electron chi connectivity index (χ0n) is 23.2. The molecule has 2 atom stereocenters. The van der Waals surface area contributed by atoms with Gasteiger partial charge in [-0.1, -0.05) is 95.3 Å². The molecular formula is C30H47NO3Si. The van der Waals surface area contributed by atoms with Crippen LogP contribution < -0.4 is 0 Å². The maximum absolute atomic E-state index is 12.4. The lowest BCUT2D eigenvalue weighted by Gasteiger charge is -2.46. The summed E-state index contributed by atoms with van der Waals surface area (Å²) in [5.41, 5.74) is 2.57. The minimum atomic E-state index is -2.08. The van der Waals surface area contributed by atoms with Gasteiger partial charge < -0.3 is 9.16 Å².